The van der Waals surface area contributed by atoms with Crippen LogP contribution in [-0.4, -0.2) is 25.7 Å². The van der Waals surface area contributed by atoms with Crippen LogP contribution in [0.3, 0.4) is 0 Å². The second-order valence-corrected chi connectivity index (χ2v) is 8.21. The van der Waals surface area contributed by atoms with Gasteiger partial charge in [0.1, 0.15) is 5.69 Å². The molecule has 0 amide bonds. The first-order valence-corrected chi connectivity index (χ1v) is 10.1. The molecule has 0 aliphatic carbocycles. The van der Waals surface area contributed by atoms with E-state index in [1.807, 2.05) is 5.10 Å². The molecule has 0 unspecified atom stereocenters. The van der Waals surface area contributed by atoms with Crippen LogP contribution in [0.4, 0.5) is 19.0 Å². The number of anilines is 1. The minimum atomic E-state index is -4.85. The van der Waals surface area contributed by atoms with Crippen molar-refractivity contribution in [2.24, 2.45) is 0 Å². The van der Waals surface area contributed by atoms with Gasteiger partial charge < -0.3 is 4.74 Å². The average molecular weight is 466 g/mol. The number of hydrogen-bond donors (Lipinski definition) is 2. The van der Waals surface area contributed by atoms with Gasteiger partial charge in [-0.3, -0.25) is 9.82 Å². The monoisotopic (exact) mass is 465 g/mol. The summed E-state index contributed by atoms with van der Waals surface area (Å²) in [7, 11) is -2.90. The molecule has 0 saturated heterocycles. The highest BCUT2D eigenvalue weighted by atomic mass is 35.5. The van der Waals surface area contributed by atoms with Gasteiger partial charge >= 0.3 is 6.18 Å². The van der Waals surface area contributed by atoms with Crippen LogP contribution in [0.2, 0.25) is 10.0 Å². The summed E-state index contributed by atoms with van der Waals surface area (Å²) in [5.41, 5.74) is -1.92. The van der Waals surface area contributed by atoms with Crippen molar-refractivity contribution in [2.75, 3.05) is 11.8 Å². The lowest BCUT2D eigenvalue weighted by Crippen LogP contribution is -2.14. The summed E-state index contributed by atoms with van der Waals surface area (Å²) in [4.78, 5) is -0.145. The topological polar surface area (TPSA) is 84.1 Å². The van der Waals surface area contributed by atoms with E-state index in [0.717, 1.165) is 0 Å². The van der Waals surface area contributed by atoms with Crippen molar-refractivity contribution < 1.29 is 26.3 Å². The average Bonchev–Trinajstić information content (AvgIpc) is 3.05. The van der Waals surface area contributed by atoms with Gasteiger partial charge in [0, 0.05) is 0 Å². The van der Waals surface area contributed by atoms with Crippen LogP contribution in [-0.2, 0) is 16.2 Å². The third kappa shape index (κ3) is 4.29. The molecular weight excluding hydrogens is 454 g/mol. The molecule has 0 spiro atoms. The molecule has 29 heavy (non-hydrogen) atoms. The minimum Gasteiger partial charge on any atom is -0.494 e. The lowest BCUT2D eigenvalue weighted by molar-refractivity contribution is -0.140. The SMILES string of the molecule is COc1c(Cl)cc(-c2c(NS(=O)(=O)c3ccccc3)n[nH]c2C(F)(F)F)cc1Cl. The molecule has 6 nitrogen and oxygen atoms in total. The number of ether oxygens (including phenoxy) is 1. The fourth-order valence-corrected chi connectivity index (χ4v) is 4.26. The number of nitrogens with one attached hydrogen (secondary N) is 2. The van der Waals surface area contributed by atoms with Crippen LogP contribution in [0.5, 0.6) is 5.75 Å². The smallest absolute Gasteiger partial charge is 0.433 e. The molecule has 0 radical (unpaired) electrons. The highest BCUT2D eigenvalue weighted by Gasteiger charge is 2.39. The summed E-state index contributed by atoms with van der Waals surface area (Å²) >= 11 is 12.1. The molecule has 12 heteroatoms. The first-order valence-electron chi connectivity index (χ1n) is 7.81. The Morgan fingerprint density at radius 3 is 2.21 bits per heavy atom. The molecule has 0 fully saturated rings. The van der Waals surface area contributed by atoms with Crippen LogP contribution in [0.15, 0.2) is 47.4 Å². The third-order valence-electron chi connectivity index (χ3n) is 3.83. The first-order chi connectivity index (χ1) is 13.5. The van der Waals surface area contributed by atoms with Gasteiger partial charge in [-0.15, -0.1) is 0 Å². The van der Waals surface area contributed by atoms with Crippen molar-refractivity contribution in [2.45, 2.75) is 11.1 Å². The van der Waals surface area contributed by atoms with Crippen molar-refractivity contribution in [3.63, 3.8) is 0 Å². The standard InChI is InChI=1S/C17H12Cl2F3N3O3S/c1-28-14-11(18)7-9(8-12(14)19)13-15(17(20,21)22)23-24-16(13)25-29(26,27)10-5-3-2-4-6-10/h2-8H,1H3,(H2,23,24,25). The van der Waals surface area contributed by atoms with Crippen LogP contribution in [0.25, 0.3) is 11.1 Å². The molecule has 0 bridgehead atoms. The number of alkyl halides is 3. The van der Waals surface area contributed by atoms with E-state index >= 15 is 0 Å². The maximum Gasteiger partial charge on any atom is 0.433 e. The molecular formula is C17H12Cl2F3N3O3S. The molecule has 1 aromatic heterocycles. The Morgan fingerprint density at radius 2 is 1.69 bits per heavy atom. The number of sulfonamides is 1. The number of benzene rings is 2. The Bertz CT molecular complexity index is 1130. The molecule has 2 aromatic carbocycles. The number of halogens is 5. The normalized spacial score (nSPS) is 12.1. The number of aromatic amines is 1. The van der Waals surface area contributed by atoms with E-state index in [1.165, 1.54) is 43.5 Å². The van der Waals surface area contributed by atoms with Crippen molar-refractivity contribution in [3.05, 3.63) is 58.2 Å². The van der Waals surface area contributed by atoms with Gasteiger partial charge in [0.25, 0.3) is 10.0 Å². The summed E-state index contributed by atoms with van der Waals surface area (Å²) in [5.74, 6) is -0.487. The lowest BCUT2D eigenvalue weighted by atomic mass is 10.0. The zero-order valence-electron chi connectivity index (χ0n) is 14.5. The number of rotatable bonds is 5. The molecule has 0 aliphatic heterocycles. The van der Waals surface area contributed by atoms with Crippen LogP contribution in [0.1, 0.15) is 5.69 Å². The number of aromatic nitrogens is 2. The van der Waals surface area contributed by atoms with Crippen LogP contribution >= 0.6 is 23.2 Å². The molecule has 3 rings (SSSR count). The zero-order valence-corrected chi connectivity index (χ0v) is 16.8. The summed E-state index contributed by atoms with van der Waals surface area (Å²) in [6.45, 7) is 0. The van der Waals surface area contributed by atoms with Gasteiger partial charge in [0.2, 0.25) is 0 Å². The van der Waals surface area contributed by atoms with E-state index in [9.17, 15) is 21.6 Å². The maximum atomic E-state index is 13.5. The number of hydrogen-bond acceptors (Lipinski definition) is 4. The Labute approximate surface area is 173 Å². The van der Waals surface area contributed by atoms with Crippen molar-refractivity contribution in [3.8, 4) is 16.9 Å². The van der Waals surface area contributed by atoms with Gasteiger partial charge in [0.05, 0.1) is 27.6 Å². The van der Waals surface area contributed by atoms with Crippen LogP contribution in [0, 0.1) is 0 Å². The predicted molar refractivity (Wildman–Crippen MR) is 103 cm³/mol. The van der Waals surface area contributed by atoms with Crippen LogP contribution < -0.4 is 9.46 Å². The maximum absolute atomic E-state index is 13.5. The Morgan fingerprint density at radius 1 is 1.10 bits per heavy atom. The molecule has 0 atom stereocenters. The van der Waals surface area contributed by atoms with E-state index in [1.54, 1.807) is 6.07 Å². The minimum absolute atomic E-state index is 0.0545. The van der Waals surface area contributed by atoms with E-state index in [4.69, 9.17) is 27.9 Å². The van der Waals surface area contributed by atoms with Crippen molar-refractivity contribution in [1.82, 2.24) is 10.2 Å². The van der Waals surface area contributed by atoms with Gasteiger partial charge in [-0.05, 0) is 29.8 Å². The third-order valence-corrected chi connectivity index (χ3v) is 5.74. The number of H-pyrrole nitrogens is 1. The quantitative estimate of drug-likeness (QED) is 0.541. The van der Waals surface area contributed by atoms with Gasteiger partial charge in [-0.2, -0.15) is 18.3 Å². The summed E-state index contributed by atoms with van der Waals surface area (Å²) in [5, 5.41) is 5.25. The summed E-state index contributed by atoms with van der Waals surface area (Å²) < 4.78 is 72.7. The highest BCUT2D eigenvalue weighted by molar-refractivity contribution is 7.92. The van der Waals surface area contributed by atoms with E-state index in [0.29, 0.717) is 0 Å². The Kier molecular flexibility index (Phi) is 5.70. The fraction of sp³-hybridized carbons (Fsp3) is 0.118. The fourth-order valence-electron chi connectivity index (χ4n) is 2.59. The molecule has 1 heterocycles. The molecule has 0 aliphatic rings. The van der Waals surface area contributed by atoms with Crippen molar-refractivity contribution >= 4 is 39.0 Å². The Hall–Kier alpha value is -2.43. The van der Waals surface area contributed by atoms with E-state index in [-0.39, 0.29) is 26.3 Å². The Balaban J connectivity index is 2.18. The van der Waals surface area contributed by atoms with E-state index < -0.39 is 33.3 Å². The molecule has 154 valence electrons. The van der Waals surface area contributed by atoms with Gasteiger partial charge in [0.15, 0.2) is 11.6 Å². The van der Waals surface area contributed by atoms with E-state index in [2.05, 4.69) is 9.82 Å². The highest BCUT2D eigenvalue weighted by Crippen LogP contribution is 2.44. The van der Waals surface area contributed by atoms with Crippen molar-refractivity contribution in [1.29, 1.82) is 0 Å². The number of nitrogens with zero attached hydrogens (tertiary/aromatic N) is 1. The lowest BCUT2D eigenvalue weighted by Gasteiger charge is -2.13. The second-order valence-electron chi connectivity index (χ2n) is 5.71. The number of methoxy groups -OCH3 is 1. The molecule has 2 N–H and O–H groups in total. The molecule has 3 aromatic rings. The van der Waals surface area contributed by atoms with Gasteiger partial charge in [-0.1, -0.05) is 41.4 Å². The predicted octanol–water partition coefficient (Wildman–Crippen LogP) is 5.21. The summed E-state index contributed by atoms with van der Waals surface area (Å²) in [6, 6.07) is 9.48. The van der Waals surface area contributed by atoms with Gasteiger partial charge in [-0.25, -0.2) is 8.42 Å². The first kappa shape index (κ1) is 21.3. The second kappa shape index (κ2) is 7.77. The zero-order chi connectivity index (χ0) is 21.4. The summed E-state index contributed by atoms with van der Waals surface area (Å²) in [6.07, 6.45) is -4.85. The molecule has 0 saturated carbocycles. The largest absolute Gasteiger partial charge is 0.494 e.